The Morgan fingerprint density at radius 1 is 1.18 bits per heavy atom. The van der Waals surface area contributed by atoms with Gasteiger partial charge in [0, 0.05) is 0 Å². The SMILES string of the molecule is CCCC[Si](C)(CC)N(C)C. The summed E-state index contributed by atoms with van der Waals surface area (Å²) in [5, 5.41) is 0. The number of hydrogen-bond donors (Lipinski definition) is 0. The molecular weight excluding hydrogens is 150 g/mol. The summed E-state index contributed by atoms with van der Waals surface area (Å²) >= 11 is 0. The maximum absolute atomic E-state index is 2.49. The summed E-state index contributed by atoms with van der Waals surface area (Å²) in [5.74, 6) is 0. The molecule has 0 aliphatic rings. The van der Waals surface area contributed by atoms with Crippen LogP contribution in [0.15, 0.2) is 0 Å². The molecule has 0 fully saturated rings. The third-order valence-corrected chi connectivity index (χ3v) is 8.02. The van der Waals surface area contributed by atoms with Gasteiger partial charge in [0.1, 0.15) is 8.24 Å². The van der Waals surface area contributed by atoms with E-state index in [2.05, 4.69) is 39.1 Å². The lowest BCUT2D eigenvalue weighted by Crippen LogP contribution is -2.45. The van der Waals surface area contributed by atoms with E-state index >= 15 is 0 Å². The van der Waals surface area contributed by atoms with E-state index in [0.717, 1.165) is 0 Å². The lowest BCUT2D eigenvalue weighted by molar-refractivity contribution is 0.601. The van der Waals surface area contributed by atoms with Gasteiger partial charge < -0.3 is 4.57 Å². The molecule has 0 bridgehead atoms. The van der Waals surface area contributed by atoms with Crippen LogP contribution in [0.2, 0.25) is 18.6 Å². The van der Waals surface area contributed by atoms with Gasteiger partial charge in [-0.25, -0.2) is 0 Å². The van der Waals surface area contributed by atoms with Gasteiger partial charge in [-0.1, -0.05) is 33.2 Å². The fourth-order valence-corrected chi connectivity index (χ4v) is 3.82. The van der Waals surface area contributed by atoms with E-state index in [-0.39, 0.29) is 0 Å². The number of unbranched alkanes of at least 4 members (excludes halogenated alkanes) is 1. The highest BCUT2D eigenvalue weighted by atomic mass is 28.3. The molecule has 68 valence electrons. The molecule has 0 aromatic heterocycles. The van der Waals surface area contributed by atoms with Crippen molar-refractivity contribution in [3.05, 3.63) is 0 Å². The summed E-state index contributed by atoms with van der Waals surface area (Å²) in [5.41, 5.74) is 0. The van der Waals surface area contributed by atoms with Crippen LogP contribution in [0.3, 0.4) is 0 Å². The minimum absolute atomic E-state index is 0.988. The number of rotatable bonds is 5. The molecule has 0 aliphatic heterocycles. The molecule has 1 atom stereocenters. The fourth-order valence-electron chi connectivity index (χ4n) is 1.27. The van der Waals surface area contributed by atoms with Crippen LogP contribution >= 0.6 is 0 Å². The van der Waals surface area contributed by atoms with E-state index in [9.17, 15) is 0 Å². The molecule has 0 radical (unpaired) electrons. The topological polar surface area (TPSA) is 3.24 Å². The molecule has 0 aliphatic carbocycles. The van der Waals surface area contributed by atoms with Crippen molar-refractivity contribution < 1.29 is 0 Å². The number of hydrogen-bond acceptors (Lipinski definition) is 1. The Balaban J connectivity index is 3.88. The Morgan fingerprint density at radius 2 is 1.73 bits per heavy atom. The predicted octanol–water partition coefficient (Wildman–Crippen LogP) is 2.94. The van der Waals surface area contributed by atoms with Crippen molar-refractivity contribution in [3.63, 3.8) is 0 Å². The quantitative estimate of drug-likeness (QED) is 0.578. The van der Waals surface area contributed by atoms with E-state index in [4.69, 9.17) is 0 Å². The molecule has 1 unspecified atom stereocenters. The Bertz CT molecular complexity index is 104. The third kappa shape index (κ3) is 3.39. The van der Waals surface area contributed by atoms with Crippen molar-refractivity contribution in [2.45, 2.75) is 45.3 Å². The summed E-state index contributed by atoms with van der Waals surface area (Å²) in [7, 11) is 3.49. The molecular formula is C9H23NSi. The van der Waals surface area contributed by atoms with Crippen molar-refractivity contribution in [2.24, 2.45) is 0 Å². The highest BCUT2D eigenvalue weighted by molar-refractivity contribution is 6.75. The Kier molecular flexibility index (Phi) is 5.02. The van der Waals surface area contributed by atoms with Crippen LogP contribution in [-0.4, -0.2) is 26.9 Å². The maximum Gasteiger partial charge on any atom is 0.124 e. The highest BCUT2D eigenvalue weighted by Gasteiger charge is 2.26. The van der Waals surface area contributed by atoms with Gasteiger partial charge in [-0.2, -0.15) is 0 Å². The third-order valence-electron chi connectivity index (χ3n) is 2.91. The Morgan fingerprint density at radius 3 is 2.00 bits per heavy atom. The summed E-state index contributed by atoms with van der Waals surface area (Å²) < 4.78 is 2.49. The van der Waals surface area contributed by atoms with Gasteiger partial charge in [-0.05, 0) is 26.2 Å². The molecule has 0 rings (SSSR count). The van der Waals surface area contributed by atoms with Crippen LogP contribution < -0.4 is 0 Å². The van der Waals surface area contributed by atoms with Gasteiger partial charge in [-0.3, -0.25) is 0 Å². The van der Waals surface area contributed by atoms with Crippen LogP contribution in [0.25, 0.3) is 0 Å². The molecule has 0 amide bonds. The van der Waals surface area contributed by atoms with Crippen molar-refractivity contribution in [3.8, 4) is 0 Å². The van der Waals surface area contributed by atoms with Gasteiger partial charge in [0.15, 0.2) is 0 Å². The second-order valence-electron chi connectivity index (χ2n) is 3.85. The molecule has 0 aromatic rings. The first kappa shape index (κ1) is 11.2. The van der Waals surface area contributed by atoms with Gasteiger partial charge in [0.25, 0.3) is 0 Å². The first-order chi connectivity index (χ1) is 5.06. The van der Waals surface area contributed by atoms with E-state index in [1.165, 1.54) is 24.9 Å². The van der Waals surface area contributed by atoms with Crippen molar-refractivity contribution in [1.82, 2.24) is 4.57 Å². The molecule has 0 spiro atoms. The smallest absolute Gasteiger partial charge is 0.124 e. The second kappa shape index (κ2) is 4.94. The summed E-state index contributed by atoms with van der Waals surface area (Å²) in [6.07, 6.45) is 2.76. The van der Waals surface area contributed by atoms with Gasteiger partial charge in [-0.15, -0.1) is 0 Å². The van der Waals surface area contributed by atoms with Crippen molar-refractivity contribution >= 4 is 8.24 Å². The van der Waals surface area contributed by atoms with Crippen LogP contribution in [0.5, 0.6) is 0 Å². The average Bonchev–Trinajstić information content (AvgIpc) is 2.00. The van der Waals surface area contributed by atoms with E-state index in [1.807, 2.05) is 0 Å². The first-order valence-corrected chi connectivity index (χ1v) is 7.60. The average molecular weight is 173 g/mol. The van der Waals surface area contributed by atoms with E-state index in [1.54, 1.807) is 0 Å². The van der Waals surface area contributed by atoms with E-state index in [0.29, 0.717) is 0 Å². The second-order valence-corrected chi connectivity index (χ2v) is 8.94. The van der Waals surface area contributed by atoms with Gasteiger partial charge >= 0.3 is 0 Å². The molecule has 0 aromatic carbocycles. The van der Waals surface area contributed by atoms with Crippen LogP contribution in [0.1, 0.15) is 26.7 Å². The summed E-state index contributed by atoms with van der Waals surface area (Å²) in [6, 6.07) is 2.85. The lowest BCUT2D eigenvalue weighted by atomic mass is 10.4. The minimum atomic E-state index is -0.988. The lowest BCUT2D eigenvalue weighted by Gasteiger charge is -2.33. The molecule has 0 N–H and O–H groups in total. The zero-order valence-corrected chi connectivity index (χ0v) is 9.78. The zero-order chi connectivity index (χ0) is 8.91. The van der Waals surface area contributed by atoms with Crippen LogP contribution in [-0.2, 0) is 0 Å². The summed E-state index contributed by atoms with van der Waals surface area (Å²) in [4.78, 5) is 0. The fraction of sp³-hybridized carbons (Fsp3) is 1.00. The molecule has 0 heterocycles. The van der Waals surface area contributed by atoms with Gasteiger partial charge in [0.05, 0.1) is 0 Å². The highest BCUT2D eigenvalue weighted by Crippen LogP contribution is 2.20. The number of nitrogens with zero attached hydrogens (tertiary/aromatic N) is 1. The monoisotopic (exact) mass is 173 g/mol. The van der Waals surface area contributed by atoms with Crippen molar-refractivity contribution in [2.75, 3.05) is 14.1 Å². The zero-order valence-electron chi connectivity index (χ0n) is 8.78. The minimum Gasteiger partial charge on any atom is -0.329 e. The molecule has 1 nitrogen and oxygen atoms in total. The molecule has 2 heteroatoms. The first-order valence-electron chi connectivity index (χ1n) is 4.74. The standard InChI is InChI=1S/C9H23NSi/c1-6-8-9-11(5,7-2)10(3)4/h6-9H2,1-5H3. The normalized spacial score (nSPS) is 16.9. The molecule has 0 saturated carbocycles. The van der Waals surface area contributed by atoms with Crippen LogP contribution in [0, 0.1) is 0 Å². The summed E-state index contributed by atoms with van der Waals surface area (Å²) in [6.45, 7) is 7.10. The Hall–Kier alpha value is 0.177. The largest absolute Gasteiger partial charge is 0.329 e. The van der Waals surface area contributed by atoms with Gasteiger partial charge in [0.2, 0.25) is 0 Å². The molecule has 11 heavy (non-hydrogen) atoms. The Labute approximate surface area is 72.9 Å². The molecule has 0 saturated heterocycles. The van der Waals surface area contributed by atoms with E-state index < -0.39 is 8.24 Å². The van der Waals surface area contributed by atoms with Crippen molar-refractivity contribution in [1.29, 1.82) is 0 Å². The maximum atomic E-state index is 2.49. The predicted molar refractivity (Wildman–Crippen MR) is 55.5 cm³/mol. The van der Waals surface area contributed by atoms with Crippen LogP contribution in [0.4, 0.5) is 0 Å².